The summed E-state index contributed by atoms with van der Waals surface area (Å²) in [6.45, 7) is 0. The molecule has 1 amide bonds. The lowest BCUT2D eigenvalue weighted by Crippen LogP contribution is -2.43. The first-order valence-electron chi connectivity index (χ1n) is 4.26. The molecule has 0 radical (unpaired) electrons. The fourth-order valence-corrected chi connectivity index (χ4v) is 2.35. The van der Waals surface area contributed by atoms with E-state index in [0.29, 0.717) is 5.11 Å². The van der Waals surface area contributed by atoms with Crippen molar-refractivity contribution in [3.8, 4) is 0 Å². The first-order chi connectivity index (χ1) is 5.66. The highest BCUT2D eigenvalue weighted by Crippen LogP contribution is 2.34. The summed E-state index contributed by atoms with van der Waals surface area (Å²) in [7, 11) is 1.74. The van der Waals surface area contributed by atoms with Crippen LogP contribution in [0.4, 0.5) is 0 Å². The van der Waals surface area contributed by atoms with E-state index in [1.54, 1.807) is 11.9 Å². The summed E-state index contributed by atoms with van der Waals surface area (Å²) >= 11 is 5.02. The molecule has 1 saturated heterocycles. The van der Waals surface area contributed by atoms with Crippen LogP contribution in [0.3, 0.4) is 0 Å². The molecule has 1 spiro atoms. The first kappa shape index (κ1) is 7.98. The molecule has 12 heavy (non-hydrogen) atoms. The van der Waals surface area contributed by atoms with Gasteiger partial charge in [-0.3, -0.25) is 9.69 Å². The normalized spacial score (nSPS) is 26.9. The Kier molecular flexibility index (Phi) is 1.61. The van der Waals surface area contributed by atoms with E-state index in [0.717, 1.165) is 25.7 Å². The molecule has 0 bridgehead atoms. The minimum Gasteiger partial charge on any atom is -0.348 e. The van der Waals surface area contributed by atoms with Crippen LogP contribution in [-0.4, -0.2) is 28.5 Å². The molecule has 3 nitrogen and oxygen atoms in total. The van der Waals surface area contributed by atoms with Crippen LogP contribution in [0.15, 0.2) is 0 Å². The van der Waals surface area contributed by atoms with Crippen molar-refractivity contribution in [2.75, 3.05) is 7.05 Å². The topological polar surface area (TPSA) is 32.3 Å². The van der Waals surface area contributed by atoms with E-state index >= 15 is 0 Å². The molecule has 2 fully saturated rings. The third-order valence-electron chi connectivity index (χ3n) is 2.82. The van der Waals surface area contributed by atoms with Gasteiger partial charge in [0.2, 0.25) is 0 Å². The monoisotopic (exact) mass is 184 g/mol. The van der Waals surface area contributed by atoms with Gasteiger partial charge in [0.15, 0.2) is 5.11 Å². The predicted octanol–water partition coefficient (Wildman–Crippen LogP) is 0.646. The summed E-state index contributed by atoms with van der Waals surface area (Å²) in [5.74, 6) is 0.157. The molecule has 2 aliphatic rings. The van der Waals surface area contributed by atoms with E-state index in [2.05, 4.69) is 5.32 Å². The van der Waals surface area contributed by atoms with Crippen molar-refractivity contribution in [1.82, 2.24) is 10.2 Å². The second-order valence-corrected chi connectivity index (χ2v) is 3.97. The van der Waals surface area contributed by atoms with Crippen LogP contribution in [0.2, 0.25) is 0 Å². The average Bonchev–Trinajstić information content (AvgIpc) is 2.57. The van der Waals surface area contributed by atoms with Crippen molar-refractivity contribution in [1.29, 1.82) is 0 Å². The number of likely N-dealkylation sites (N-methyl/N-ethyl adjacent to an activating group) is 1. The molecule has 1 heterocycles. The molecular formula is C8H12N2OS. The van der Waals surface area contributed by atoms with Crippen LogP contribution < -0.4 is 5.32 Å². The molecule has 1 N–H and O–H groups in total. The molecule has 0 atom stereocenters. The maximum atomic E-state index is 11.7. The lowest BCUT2D eigenvalue weighted by Gasteiger charge is -2.19. The first-order valence-corrected chi connectivity index (χ1v) is 4.67. The Bertz CT molecular complexity index is 245. The largest absolute Gasteiger partial charge is 0.348 e. The third-order valence-corrected chi connectivity index (χ3v) is 3.20. The minimum atomic E-state index is -0.314. The standard InChI is InChI=1S/C8H12N2OS/c1-10-6(11)8(9-7(10)12)4-2-3-5-8/h2-5H2,1H3,(H,9,12). The number of hydrogen-bond acceptors (Lipinski definition) is 2. The maximum absolute atomic E-state index is 11.7. The van der Waals surface area contributed by atoms with Crippen molar-refractivity contribution >= 4 is 23.2 Å². The van der Waals surface area contributed by atoms with Gasteiger partial charge in [-0.15, -0.1) is 0 Å². The van der Waals surface area contributed by atoms with Crippen molar-refractivity contribution in [3.05, 3.63) is 0 Å². The minimum absolute atomic E-state index is 0.157. The van der Waals surface area contributed by atoms with Gasteiger partial charge < -0.3 is 5.32 Å². The number of carbonyl (C=O) groups excluding carboxylic acids is 1. The van der Waals surface area contributed by atoms with Gasteiger partial charge in [-0.25, -0.2) is 0 Å². The highest BCUT2D eigenvalue weighted by atomic mass is 32.1. The van der Waals surface area contributed by atoms with Crippen LogP contribution in [0.25, 0.3) is 0 Å². The van der Waals surface area contributed by atoms with Crippen molar-refractivity contribution in [2.45, 2.75) is 31.2 Å². The molecule has 0 aromatic carbocycles. The average molecular weight is 184 g/mol. The van der Waals surface area contributed by atoms with Crippen molar-refractivity contribution in [3.63, 3.8) is 0 Å². The highest BCUT2D eigenvalue weighted by Gasteiger charge is 2.49. The Labute approximate surface area is 77.1 Å². The van der Waals surface area contributed by atoms with Crippen LogP contribution >= 0.6 is 12.2 Å². The number of rotatable bonds is 0. The number of thiocarbonyl (C=S) groups is 1. The van der Waals surface area contributed by atoms with E-state index in [9.17, 15) is 4.79 Å². The summed E-state index contributed by atoms with van der Waals surface area (Å²) in [6, 6.07) is 0. The van der Waals surface area contributed by atoms with Crippen molar-refractivity contribution < 1.29 is 4.79 Å². The van der Waals surface area contributed by atoms with Crippen molar-refractivity contribution in [2.24, 2.45) is 0 Å². The fraction of sp³-hybridized carbons (Fsp3) is 0.750. The number of carbonyl (C=O) groups is 1. The van der Waals surface area contributed by atoms with Crippen LogP contribution in [0.1, 0.15) is 25.7 Å². The predicted molar refractivity (Wildman–Crippen MR) is 49.7 cm³/mol. The molecule has 1 aliphatic carbocycles. The van der Waals surface area contributed by atoms with E-state index < -0.39 is 0 Å². The number of nitrogens with one attached hydrogen (secondary N) is 1. The maximum Gasteiger partial charge on any atom is 0.254 e. The van der Waals surface area contributed by atoms with Crippen LogP contribution in [0.5, 0.6) is 0 Å². The summed E-state index contributed by atoms with van der Waals surface area (Å²) in [4.78, 5) is 13.3. The molecule has 0 aromatic rings. The summed E-state index contributed by atoms with van der Waals surface area (Å²) in [5.41, 5.74) is -0.314. The molecule has 0 aromatic heterocycles. The van der Waals surface area contributed by atoms with E-state index in [1.807, 2.05) is 0 Å². The fourth-order valence-electron chi connectivity index (χ4n) is 2.07. The van der Waals surface area contributed by atoms with Gasteiger partial charge in [-0.1, -0.05) is 12.8 Å². The molecular weight excluding hydrogens is 172 g/mol. The molecule has 2 rings (SSSR count). The Morgan fingerprint density at radius 2 is 2.08 bits per heavy atom. The Balaban J connectivity index is 2.29. The molecule has 66 valence electrons. The molecule has 4 heteroatoms. The molecule has 1 aliphatic heterocycles. The number of nitrogens with zero attached hydrogens (tertiary/aromatic N) is 1. The Morgan fingerprint density at radius 1 is 1.50 bits per heavy atom. The molecule has 0 unspecified atom stereocenters. The van der Waals surface area contributed by atoms with Gasteiger partial charge in [0.1, 0.15) is 5.54 Å². The highest BCUT2D eigenvalue weighted by molar-refractivity contribution is 7.80. The lowest BCUT2D eigenvalue weighted by atomic mass is 9.98. The summed E-state index contributed by atoms with van der Waals surface area (Å²) in [5, 5.41) is 3.72. The van der Waals surface area contributed by atoms with Gasteiger partial charge in [0.25, 0.3) is 5.91 Å². The van der Waals surface area contributed by atoms with Gasteiger partial charge >= 0.3 is 0 Å². The second-order valence-electron chi connectivity index (χ2n) is 3.58. The van der Waals surface area contributed by atoms with Crippen LogP contribution in [0, 0.1) is 0 Å². The summed E-state index contributed by atoms with van der Waals surface area (Å²) in [6.07, 6.45) is 4.15. The van der Waals surface area contributed by atoms with Gasteiger partial charge in [-0.2, -0.15) is 0 Å². The zero-order valence-corrected chi connectivity index (χ0v) is 7.91. The SMILES string of the molecule is CN1C(=O)C2(CCCC2)NC1=S. The van der Waals surface area contributed by atoms with Gasteiger partial charge in [-0.05, 0) is 25.1 Å². The number of amides is 1. The smallest absolute Gasteiger partial charge is 0.254 e. The third kappa shape index (κ3) is 0.874. The van der Waals surface area contributed by atoms with E-state index in [1.165, 1.54) is 0 Å². The van der Waals surface area contributed by atoms with E-state index in [4.69, 9.17) is 12.2 Å². The lowest BCUT2D eigenvalue weighted by molar-refractivity contribution is -0.129. The Hall–Kier alpha value is -0.640. The zero-order chi connectivity index (χ0) is 8.77. The summed E-state index contributed by atoms with van der Waals surface area (Å²) < 4.78 is 0. The quantitative estimate of drug-likeness (QED) is 0.561. The van der Waals surface area contributed by atoms with E-state index in [-0.39, 0.29) is 11.4 Å². The molecule has 1 saturated carbocycles. The van der Waals surface area contributed by atoms with Gasteiger partial charge in [0.05, 0.1) is 0 Å². The Morgan fingerprint density at radius 3 is 2.50 bits per heavy atom. The van der Waals surface area contributed by atoms with Crippen LogP contribution in [-0.2, 0) is 4.79 Å². The van der Waals surface area contributed by atoms with Gasteiger partial charge in [0, 0.05) is 7.05 Å². The second kappa shape index (κ2) is 2.42. The zero-order valence-electron chi connectivity index (χ0n) is 7.09. The number of hydrogen-bond donors (Lipinski definition) is 1.